The van der Waals surface area contributed by atoms with Crippen LogP contribution in [0.25, 0.3) is 0 Å². The van der Waals surface area contributed by atoms with Crippen molar-refractivity contribution in [3.8, 4) is 0 Å². The number of pyridine rings is 1. The average Bonchev–Trinajstić information content (AvgIpc) is 2.67. The van der Waals surface area contributed by atoms with Crippen LogP contribution in [0.3, 0.4) is 0 Å². The maximum atomic E-state index is 4.76. The molecule has 1 aliphatic heterocycles. The molecule has 1 aliphatic rings. The fraction of sp³-hybridized carbons (Fsp3) is 0.700. The predicted octanol–water partition coefficient (Wildman–Crippen LogP) is 3.56. The van der Waals surface area contributed by atoms with Crippen molar-refractivity contribution in [3.63, 3.8) is 0 Å². The van der Waals surface area contributed by atoms with Crippen molar-refractivity contribution >= 4 is 11.8 Å². The van der Waals surface area contributed by atoms with Crippen molar-refractivity contribution in [2.45, 2.75) is 59.4 Å². The summed E-state index contributed by atoms with van der Waals surface area (Å²) in [4.78, 5) is 11.7. The number of nitrogens with zero attached hydrogens (tertiary/aromatic N) is 3. The molecule has 0 saturated carbocycles. The summed E-state index contributed by atoms with van der Waals surface area (Å²) >= 11 is 0. The topological polar surface area (TPSA) is 52.6 Å². The minimum absolute atomic E-state index is 0.682. The number of aromatic nitrogens is 1. The van der Waals surface area contributed by atoms with Gasteiger partial charge in [0.25, 0.3) is 0 Å². The Morgan fingerprint density at radius 1 is 1.16 bits per heavy atom. The summed E-state index contributed by atoms with van der Waals surface area (Å²) < 4.78 is 0. The minimum Gasteiger partial charge on any atom is -0.357 e. The van der Waals surface area contributed by atoms with Crippen LogP contribution in [-0.2, 0) is 6.54 Å². The van der Waals surface area contributed by atoms with E-state index in [1.54, 1.807) is 0 Å². The van der Waals surface area contributed by atoms with E-state index in [1.165, 1.54) is 37.7 Å². The molecular weight excluding hydrogens is 310 g/mol. The van der Waals surface area contributed by atoms with E-state index in [0.29, 0.717) is 12.5 Å². The first-order valence-electron chi connectivity index (χ1n) is 9.98. The first-order valence-corrected chi connectivity index (χ1v) is 9.98. The molecule has 0 spiro atoms. The number of piperidine rings is 1. The van der Waals surface area contributed by atoms with E-state index in [-0.39, 0.29) is 0 Å². The number of anilines is 1. The van der Waals surface area contributed by atoms with Gasteiger partial charge in [0.1, 0.15) is 5.82 Å². The Hall–Kier alpha value is -1.78. The van der Waals surface area contributed by atoms with Crippen LogP contribution in [0.5, 0.6) is 0 Å². The van der Waals surface area contributed by atoms with Crippen molar-refractivity contribution in [2.24, 2.45) is 10.9 Å². The molecule has 140 valence electrons. The molecule has 0 aromatic carbocycles. The summed E-state index contributed by atoms with van der Waals surface area (Å²) in [7, 11) is 0. The third-order valence-corrected chi connectivity index (χ3v) is 4.97. The Kier molecular flexibility index (Phi) is 8.56. The van der Waals surface area contributed by atoms with Crippen molar-refractivity contribution in [1.82, 2.24) is 15.6 Å². The van der Waals surface area contributed by atoms with Gasteiger partial charge < -0.3 is 15.5 Å². The number of nitrogens with one attached hydrogen (secondary N) is 2. The standard InChI is InChI=1S/C20H35N5/c1-4-17(5-2)15-23-20(21-6-3)24-16-18-10-11-22-19(14-18)25-12-8-7-9-13-25/h10-11,14,17H,4-9,12-13,15-16H2,1-3H3,(H2,21,23,24). The Balaban J connectivity index is 1.96. The highest BCUT2D eigenvalue weighted by Crippen LogP contribution is 2.18. The largest absolute Gasteiger partial charge is 0.357 e. The van der Waals surface area contributed by atoms with E-state index >= 15 is 0 Å². The highest BCUT2D eigenvalue weighted by molar-refractivity contribution is 5.79. The zero-order valence-corrected chi connectivity index (χ0v) is 16.2. The van der Waals surface area contributed by atoms with Crippen LogP contribution in [0.1, 0.15) is 58.4 Å². The maximum Gasteiger partial charge on any atom is 0.191 e. The van der Waals surface area contributed by atoms with Crippen molar-refractivity contribution in [1.29, 1.82) is 0 Å². The second kappa shape index (κ2) is 11.0. The summed E-state index contributed by atoms with van der Waals surface area (Å²) in [6.07, 6.45) is 8.20. The van der Waals surface area contributed by atoms with Gasteiger partial charge in [0.2, 0.25) is 0 Å². The highest BCUT2D eigenvalue weighted by atomic mass is 15.2. The highest BCUT2D eigenvalue weighted by Gasteiger charge is 2.12. The minimum atomic E-state index is 0.682. The molecule has 0 radical (unpaired) electrons. The first-order chi connectivity index (χ1) is 12.3. The molecule has 0 unspecified atom stereocenters. The van der Waals surface area contributed by atoms with Gasteiger partial charge in [-0.25, -0.2) is 9.98 Å². The van der Waals surface area contributed by atoms with Crippen LogP contribution in [0, 0.1) is 5.92 Å². The SMILES string of the molecule is CCNC(=NCc1ccnc(N2CCCCC2)c1)NCC(CC)CC. The second-order valence-corrected chi connectivity index (χ2v) is 6.83. The first kappa shape index (κ1) is 19.5. The molecule has 1 saturated heterocycles. The van der Waals surface area contributed by atoms with E-state index in [4.69, 9.17) is 4.99 Å². The maximum absolute atomic E-state index is 4.76. The summed E-state index contributed by atoms with van der Waals surface area (Å²) in [5.74, 6) is 2.71. The van der Waals surface area contributed by atoms with Crippen LogP contribution < -0.4 is 15.5 Å². The third-order valence-electron chi connectivity index (χ3n) is 4.97. The normalized spacial score (nSPS) is 15.5. The molecule has 0 atom stereocenters. The molecule has 1 fully saturated rings. The molecule has 25 heavy (non-hydrogen) atoms. The van der Waals surface area contributed by atoms with Crippen LogP contribution in [0.2, 0.25) is 0 Å². The van der Waals surface area contributed by atoms with Gasteiger partial charge in [-0.3, -0.25) is 0 Å². The fourth-order valence-electron chi connectivity index (χ4n) is 3.19. The van der Waals surface area contributed by atoms with Gasteiger partial charge in [-0.1, -0.05) is 26.7 Å². The smallest absolute Gasteiger partial charge is 0.191 e. The van der Waals surface area contributed by atoms with E-state index in [0.717, 1.165) is 38.0 Å². The number of rotatable bonds is 8. The monoisotopic (exact) mass is 345 g/mol. The molecule has 5 heteroatoms. The van der Waals surface area contributed by atoms with Gasteiger partial charge in [-0.2, -0.15) is 0 Å². The van der Waals surface area contributed by atoms with Gasteiger partial charge in [0.15, 0.2) is 5.96 Å². The molecule has 0 aliphatic carbocycles. The molecule has 1 aromatic heterocycles. The van der Waals surface area contributed by atoms with E-state index in [1.807, 2.05) is 6.20 Å². The Morgan fingerprint density at radius 2 is 1.92 bits per heavy atom. The Bertz CT molecular complexity index is 519. The lowest BCUT2D eigenvalue weighted by Crippen LogP contribution is -2.39. The number of hydrogen-bond donors (Lipinski definition) is 2. The van der Waals surface area contributed by atoms with Gasteiger partial charge >= 0.3 is 0 Å². The van der Waals surface area contributed by atoms with E-state index in [9.17, 15) is 0 Å². The quantitative estimate of drug-likeness (QED) is 0.559. The van der Waals surface area contributed by atoms with Crippen molar-refractivity contribution in [2.75, 3.05) is 31.1 Å². The summed E-state index contributed by atoms with van der Waals surface area (Å²) in [5.41, 5.74) is 1.22. The number of hydrogen-bond acceptors (Lipinski definition) is 3. The van der Waals surface area contributed by atoms with Gasteiger partial charge in [-0.15, -0.1) is 0 Å². The van der Waals surface area contributed by atoms with Gasteiger partial charge in [-0.05, 0) is 49.8 Å². The van der Waals surface area contributed by atoms with Crippen LogP contribution in [0.15, 0.2) is 23.3 Å². The molecule has 5 nitrogen and oxygen atoms in total. The average molecular weight is 346 g/mol. The second-order valence-electron chi connectivity index (χ2n) is 6.83. The van der Waals surface area contributed by atoms with Crippen LogP contribution in [-0.4, -0.2) is 37.1 Å². The summed E-state index contributed by atoms with van der Waals surface area (Å²) in [5, 5.41) is 6.83. The lowest BCUT2D eigenvalue weighted by molar-refractivity contribution is 0.481. The Labute approximate surface area is 153 Å². The predicted molar refractivity (Wildman–Crippen MR) is 107 cm³/mol. The van der Waals surface area contributed by atoms with Crippen LogP contribution >= 0.6 is 0 Å². The van der Waals surface area contributed by atoms with Gasteiger partial charge in [0, 0.05) is 32.4 Å². The molecule has 2 heterocycles. The van der Waals surface area contributed by atoms with Gasteiger partial charge in [0.05, 0.1) is 6.54 Å². The summed E-state index contributed by atoms with van der Waals surface area (Å²) in [6.45, 7) is 11.4. The molecule has 2 rings (SSSR count). The number of aliphatic imine (C=N–C) groups is 1. The van der Waals surface area contributed by atoms with Crippen molar-refractivity contribution in [3.05, 3.63) is 23.9 Å². The fourth-order valence-corrected chi connectivity index (χ4v) is 3.19. The van der Waals surface area contributed by atoms with E-state index < -0.39 is 0 Å². The van der Waals surface area contributed by atoms with Crippen molar-refractivity contribution < 1.29 is 0 Å². The summed E-state index contributed by atoms with van der Waals surface area (Å²) in [6, 6.07) is 4.26. The lowest BCUT2D eigenvalue weighted by Gasteiger charge is -2.27. The third kappa shape index (κ3) is 6.56. The zero-order valence-electron chi connectivity index (χ0n) is 16.2. The molecular formula is C20H35N5. The lowest BCUT2D eigenvalue weighted by atomic mass is 10.0. The molecule has 0 amide bonds. The van der Waals surface area contributed by atoms with E-state index in [2.05, 4.69) is 53.4 Å². The zero-order chi connectivity index (χ0) is 17.9. The number of guanidine groups is 1. The molecule has 1 aromatic rings. The molecule has 0 bridgehead atoms. The molecule has 2 N–H and O–H groups in total. The van der Waals surface area contributed by atoms with Crippen LogP contribution in [0.4, 0.5) is 5.82 Å². The Morgan fingerprint density at radius 3 is 2.60 bits per heavy atom.